The van der Waals surface area contributed by atoms with E-state index >= 15 is 0 Å². The molecule has 0 saturated heterocycles. The predicted octanol–water partition coefficient (Wildman–Crippen LogP) is 0.946. The molecule has 0 fully saturated rings. The third kappa shape index (κ3) is 3.05. The fraction of sp³-hybridized carbons (Fsp3) is 0.143. The summed E-state index contributed by atoms with van der Waals surface area (Å²) in [5, 5.41) is 0. The molecule has 1 aromatic rings. The number of rotatable bonds is 2. The van der Waals surface area contributed by atoms with Crippen LogP contribution >= 0.6 is 7.60 Å². The highest BCUT2D eigenvalue weighted by Crippen LogP contribution is 2.38. The summed E-state index contributed by atoms with van der Waals surface area (Å²) in [6.07, 6.45) is -0.229. The molecule has 0 spiro atoms. The van der Waals surface area contributed by atoms with Gasteiger partial charge in [-0.3, -0.25) is 4.57 Å². The van der Waals surface area contributed by atoms with Gasteiger partial charge in [-0.1, -0.05) is 12.1 Å². The minimum absolute atomic E-state index is 0.229. The van der Waals surface area contributed by atoms with Gasteiger partial charge in [0.25, 0.3) is 0 Å². The highest BCUT2D eigenvalue weighted by atomic mass is 31.2. The summed E-state index contributed by atoms with van der Waals surface area (Å²) in [7, 11) is -3.94. The normalized spacial score (nSPS) is 11.5. The van der Waals surface area contributed by atoms with E-state index in [1.807, 2.05) is 0 Å². The van der Waals surface area contributed by atoms with Gasteiger partial charge in [0.1, 0.15) is 0 Å². The van der Waals surface area contributed by atoms with Gasteiger partial charge in [-0.25, -0.2) is 0 Å². The molecule has 4 N–H and O–H groups in total. The van der Waals surface area contributed by atoms with Crippen molar-refractivity contribution in [1.82, 2.24) is 0 Å². The summed E-state index contributed by atoms with van der Waals surface area (Å²) in [4.78, 5) is 17.2. The van der Waals surface area contributed by atoms with Crippen molar-refractivity contribution >= 4 is 13.3 Å². The van der Waals surface area contributed by atoms with Crippen LogP contribution in [-0.4, -0.2) is 9.79 Å². The first-order valence-corrected chi connectivity index (χ1v) is 5.16. The van der Waals surface area contributed by atoms with Gasteiger partial charge in [0.05, 0.1) is 6.16 Å². The molecule has 0 heterocycles. The van der Waals surface area contributed by atoms with Crippen LogP contribution in [0.25, 0.3) is 0 Å². The van der Waals surface area contributed by atoms with E-state index in [9.17, 15) is 4.57 Å². The van der Waals surface area contributed by atoms with E-state index in [2.05, 4.69) is 0 Å². The number of nitrogen functional groups attached to an aromatic ring is 1. The van der Waals surface area contributed by atoms with Gasteiger partial charge in [-0.05, 0) is 17.7 Å². The topological polar surface area (TPSA) is 83.6 Å². The summed E-state index contributed by atoms with van der Waals surface area (Å²) in [5.41, 5.74) is 6.58. The van der Waals surface area contributed by atoms with Crippen LogP contribution in [0.1, 0.15) is 5.56 Å². The van der Waals surface area contributed by atoms with E-state index in [1.165, 1.54) is 0 Å². The van der Waals surface area contributed by atoms with Crippen molar-refractivity contribution in [3.63, 3.8) is 0 Å². The van der Waals surface area contributed by atoms with Gasteiger partial charge < -0.3 is 15.5 Å². The SMILES string of the molecule is Nc1ccc(CP(=O)(O)O)cc1. The molecule has 1 rings (SSSR count). The smallest absolute Gasteiger partial charge is 0.329 e. The molecule has 0 radical (unpaired) electrons. The maximum Gasteiger partial charge on any atom is 0.329 e. The lowest BCUT2D eigenvalue weighted by atomic mass is 10.2. The number of benzene rings is 1. The molecule has 0 aliphatic heterocycles. The Kier molecular flexibility index (Phi) is 2.52. The molecule has 0 bridgehead atoms. The second kappa shape index (κ2) is 3.27. The molecule has 0 aliphatic carbocycles. The molecular formula is C7H10NO3P. The Hall–Kier alpha value is -0.830. The van der Waals surface area contributed by atoms with Gasteiger partial charge >= 0.3 is 7.60 Å². The maximum absolute atomic E-state index is 10.5. The Morgan fingerprint density at radius 2 is 1.75 bits per heavy atom. The third-order valence-electron chi connectivity index (χ3n) is 1.37. The van der Waals surface area contributed by atoms with Crippen molar-refractivity contribution in [2.45, 2.75) is 6.16 Å². The van der Waals surface area contributed by atoms with Crippen molar-refractivity contribution in [3.8, 4) is 0 Å². The number of anilines is 1. The molecule has 0 unspecified atom stereocenters. The quantitative estimate of drug-likeness (QED) is 0.475. The largest absolute Gasteiger partial charge is 0.399 e. The van der Waals surface area contributed by atoms with Gasteiger partial charge in [0.2, 0.25) is 0 Å². The van der Waals surface area contributed by atoms with Crippen molar-refractivity contribution in [3.05, 3.63) is 29.8 Å². The molecule has 66 valence electrons. The maximum atomic E-state index is 10.5. The Morgan fingerprint density at radius 3 is 2.17 bits per heavy atom. The first kappa shape index (κ1) is 9.26. The van der Waals surface area contributed by atoms with Crippen molar-refractivity contribution < 1.29 is 14.4 Å². The van der Waals surface area contributed by atoms with Crippen LogP contribution in [0.2, 0.25) is 0 Å². The average Bonchev–Trinajstić information content (AvgIpc) is 1.91. The first-order valence-electron chi connectivity index (χ1n) is 3.36. The fourth-order valence-electron chi connectivity index (χ4n) is 0.861. The Bertz CT molecular complexity index is 303. The van der Waals surface area contributed by atoms with E-state index in [-0.39, 0.29) is 6.16 Å². The molecule has 0 aromatic heterocycles. The lowest BCUT2D eigenvalue weighted by Gasteiger charge is -2.03. The highest BCUT2D eigenvalue weighted by Gasteiger charge is 2.12. The summed E-state index contributed by atoms with van der Waals surface area (Å²) in [5.74, 6) is 0. The minimum atomic E-state index is -3.94. The van der Waals surface area contributed by atoms with Crippen molar-refractivity contribution in [2.24, 2.45) is 0 Å². The summed E-state index contributed by atoms with van der Waals surface area (Å²) < 4.78 is 10.5. The summed E-state index contributed by atoms with van der Waals surface area (Å²) >= 11 is 0. The molecule has 12 heavy (non-hydrogen) atoms. The van der Waals surface area contributed by atoms with E-state index < -0.39 is 7.60 Å². The van der Waals surface area contributed by atoms with E-state index in [4.69, 9.17) is 15.5 Å². The van der Waals surface area contributed by atoms with E-state index in [0.29, 0.717) is 11.3 Å². The molecule has 1 aromatic carbocycles. The number of hydrogen-bond donors (Lipinski definition) is 3. The van der Waals surface area contributed by atoms with Crippen LogP contribution in [0.4, 0.5) is 5.69 Å². The Balaban J connectivity index is 2.78. The van der Waals surface area contributed by atoms with Crippen LogP contribution in [-0.2, 0) is 10.7 Å². The van der Waals surface area contributed by atoms with E-state index in [0.717, 1.165) is 0 Å². The third-order valence-corrected chi connectivity index (χ3v) is 2.15. The van der Waals surface area contributed by atoms with Crippen LogP contribution in [0.5, 0.6) is 0 Å². The second-order valence-electron chi connectivity index (χ2n) is 2.56. The van der Waals surface area contributed by atoms with Crippen LogP contribution in [0.15, 0.2) is 24.3 Å². The molecule has 0 saturated carbocycles. The van der Waals surface area contributed by atoms with Crippen LogP contribution < -0.4 is 5.73 Å². The molecule has 0 aliphatic rings. The molecular weight excluding hydrogens is 177 g/mol. The lowest BCUT2D eigenvalue weighted by Crippen LogP contribution is -1.88. The zero-order valence-corrected chi connectivity index (χ0v) is 7.24. The van der Waals surface area contributed by atoms with Gasteiger partial charge in [0.15, 0.2) is 0 Å². The first-order chi connectivity index (χ1) is 5.47. The average molecular weight is 187 g/mol. The molecule has 4 nitrogen and oxygen atoms in total. The zero-order valence-electron chi connectivity index (χ0n) is 6.34. The summed E-state index contributed by atoms with van der Waals surface area (Å²) in [6.45, 7) is 0. The van der Waals surface area contributed by atoms with Crippen LogP contribution in [0, 0.1) is 0 Å². The van der Waals surface area contributed by atoms with Gasteiger partial charge in [-0.15, -0.1) is 0 Å². The highest BCUT2D eigenvalue weighted by molar-refractivity contribution is 7.50. The standard InChI is InChI=1S/C7H10NO3P/c8-7-3-1-6(2-4-7)5-12(9,10)11/h1-4H,5,8H2,(H2,9,10,11). The van der Waals surface area contributed by atoms with Crippen molar-refractivity contribution in [2.75, 3.05) is 5.73 Å². The fourth-order valence-corrected chi connectivity index (χ4v) is 1.55. The number of nitrogens with two attached hydrogens (primary N) is 1. The zero-order chi connectivity index (χ0) is 9.19. The van der Waals surface area contributed by atoms with Gasteiger partial charge in [-0.2, -0.15) is 0 Å². The molecule has 5 heteroatoms. The summed E-state index contributed by atoms with van der Waals surface area (Å²) in [6, 6.07) is 6.44. The molecule has 0 atom stereocenters. The molecule has 0 amide bonds. The van der Waals surface area contributed by atoms with Crippen LogP contribution in [0.3, 0.4) is 0 Å². The Morgan fingerprint density at radius 1 is 1.25 bits per heavy atom. The monoisotopic (exact) mass is 187 g/mol. The predicted molar refractivity (Wildman–Crippen MR) is 46.6 cm³/mol. The minimum Gasteiger partial charge on any atom is -0.399 e. The second-order valence-corrected chi connectivity index (χ2v) is 4.21. The lowest BCUT2D eigenvalue weighted by molar-refractivity contribution is 0.372. The Labute approximate surface area is 70.2 Å². The van der Waals surface area contributed by atoms with Crippen molar-refractivity contribution in [1.29, 1.82) is 0 Å². The van der Waals surface area contributed by atoms with E-state index in [1.54, 1.807) is 24.3 Å². The van der Waals surface area contributed by atoms with Gasteiger partial charge in [0, 0.05) is 5.69 Å². The number of hydrogen-bond acceptors (Lipinski definition) is 2.